The van der Waals surface area contributed by atoms with Gasteiger partial charge in [-0.15, -0.1) is 0 Å². The Hall–Kier alpha value is -1.73. The minimum atomic E-state index is 0.170. The van der Waals surface area contributed by atoms with Gasteiger partial charge in [-0.25, -0.2) is 0 Å². The fraction of sp³-hybridized carbons (Fsp3) is 0.462. The Morgan fingerprint density at radius 1 is 1.41 bits per heavy atom. The first kappa shape index (κ1) is 13.3. The van der Waals surface area contributed by atoms with Crippen molar-refractivity contribution in [3.8, 4) is 11.8 Å². The van der Waals surface area contributed by atoms with Crippen molar-refractivity contribution < 1.29 is 9.47 Å². The van der Waals surface area contributed by atoms with Gasteiger partial charge in [-0.3, -0.25) is 0 Å². The summed E-state index contributed by atoms with van der Waals surface area (Å²) in [5.41, 5.74) is 1.32. The van der Waals surface area contributed by atoms with Gasteiger partial charge in [0.15, 0.2) is 0 Å². The fourth-order valence-electron chi connectivity index (χ4n) is 1.61. The largest absolute Gasteiger partial charge is 0.495 e. The van der Waals surface area contributed by atoms with Gasteiger partial charge in [-0.1, -0.05) is 13.0 Å². The molecule has 0 spiro atoms. The van der Waals surface area contributed by atoms with Gasteiger partial charge in [0.2, 0.25) is 0 Å². The average Bonchev–Trinajstić information content (AvgIpc) is 2.38. The average molecular weight is 234 g/mol. The summed E-state index contributed by atoms with van der Waals surface area (Å²) in [7, 11) is 3.26. The van der Waals surface area contributed by atoms with Crippen LogP contribution in [0.5, 0.6) is 5.75 Å². The van der Waals surface area contributed by atoms with E-state index in [2.05, 4.69) is 18.3 Å². The number of hydrogen-bond acceptors (Lipinski definition) is 4. The van der Waals surface area contributed by atoms with Gasteiger partial charge >= 0.3 is 0 Å². The number of nitrogens with zero attached hydrogens (tertiary/aromatic N) is 1. The molecule has 4 heteroatoms. The summed E-state index contributed by atoms with van der Waals surface area (Å²) in [6.45, 7) is 2.66. The van der Waals surface area contributed by atoms with Crippen molar-refractivity contribution in [1.29, 1.82) is 5.26 Å². The van der Waals surface area contributed by atoms with E-state index in [0.717, 1.165) is 12.1 Å². The van der Waals surface area contributed by atoms with Crippen LogP contribution in [0.1, 0.15) is 18.9 Å². The molecule has 1 N–H and O–H groups in total. The first-order chi connectivity index (χ1) is 8.26. The molecule has 0 amide bonds. The van der Waals surface area contributed by atoms with Crippen molar-refractivity contribution in [3.05, 3.63) is 23.8 Å². The highest BCUT2D eigenvalue weighted by Crippen LogP contribution is 2.28. The maximum absolute atomic E-state index is 9.08. The number of rotatable bonds is 6. The van der Waals surface area contributed by atoms with Crippen LogP contribution >= 0.6 is 0 Å². The molecule has 0 aliphatic heterocycles. The van der Waals surface area contributed by atoms with Crippen molar-refractivity contribution in [3.63, 3.8) is 0 Å². The number of anilines is 1. The number of para-hydroxylation sites is 1. The molecule has 0 aromatic heterocycles. The fourth-order valence-corrected chi connectivity index (χ4v) is 1.61. The van der Waals surface area contributed by atoms with Gasteiger partial charge < -0.3 is 14.8 Å². The van der Waals surface area contributed by atoms with Crippen LogP contribution in [0, 0.1) is 11.3 Å². The quantitative estimate of drug-likeness (QED) is 0.821. The van der Waals surface area contributed by atoms with Crippen LogP contribution in [0.15, 0.2) is 18.2 Å². The third-order valence-electron chi connectivity index (χ3n) is 2.58. The highest BCUT2D eigenvalue weighted by molar-refractivity contribution is 5.66. The van der Waals surface area contributed by atoms with E-state index in [1.54, 1.807) is 26.4 Å². The van der Waals surface area contributed by atoms with Crippen molar-refractivity contribution in [1.82, 2.24) is 0 Å². The van der Waals surface area contributed by atoms with Crippen molar-refractivity contribution >= 4 is 5.69 Å². The highest BCUT2D eigenvalue weighted by Gasteiger charge is 2.13. The molecule has 1 aromatic carbocycles. The molecule has 1 atom stereocenters. The summed E-state index contributed by atoms with van der Waals surface area (Å²) in [6, 6.07) is 7.74. The number of nitriles is 1. The van der Waals surface area contributed by atoms with Crippen LogP contribution in [0.3, 0.4) is 0 Å². The first-order valence-electron chi connectivity index (χ1n) is 5.59. The number of hydrogen-bond donors (Lipinski definition) is 1. The maximum atomic E-state index is 9.08. The molecule has 92 valence electrons. The predicted molar refractivity (Wildman–Crippen MR) is 67.3 cm³/mol. The van der Waals surface area contributed by atoms with Gasteiger partial charge in [0.1, 0.15) is 11.8 Å². The van der Waals surface area contributed by atoms with Crippen LogP contribution in [-0.2, 0) is 4.74 Å². The van der Waals surface area contributed by atoms with E-state index in [0.29, 0.717) is 17.9 Å². The Morgan fingerprint density at radius 2 is 2.18 bits per heavy atom. The lowest BCUT2D eigenvalue weighted by molar-refractivity contribution is 0.184. The van der Waals surface area contributed by atoms with E-state index >= 15 is 0 Å². The Bertz CT molecular complexity index is 399. The third kappa shape index (κ3) is 3.36. The van der Waals surface area contributed by atoms with Crippen LogP contribution in [-0.4, -0.2) is 26.9 Å². The Balaban J connectivity index is 2.98. The van der Waals surface area contributed by atoms with E-state index in [4.69, 9.17) is 14.7 Å². The molecule has 1 aromatic rings. The molecule has 0 radical (unpaired) electrons. The second-order valence-corrected chi connectivity index (χ2v) is 3.70. The zero-order valence-corrected chi connectivity index (χ0v) is 10.5. The molecule has 1 unspecified atom stereocenters. The lowest BCUT2D eigenvalue weighted by Crippen LogP contribution is -2.24. The van der Waals surface area contributed by atoms with Crippen molar-refractivity contribution in [2.24, 2.45) is 0 Å². The summed E-state index contributed by atoms with van der Waals surface area (Å²) in [5, 5.41) is 12.4. The van der Waals surface area contributed by atoms with Gasteiger partial charge in [0.25, 0.3) is 0 Å². The zero-order valence-electron chi connectivity index (χ0n) is 10.5. The second-order valence-electron chi connectivity index (χ2n) is 3.70. The smallest absolute Gasteiger partial charge is 0.143 e. The molecule has 0 saturated heterocycles. The molecule has 0 fully saturated rings. The van der Waals surface area contributed by atoms with Crippen molar-refractivity contribution in [2.45, 2.75) is 19.4 Å². The van der Waals surface area contributed by atoms with Gasteiger partial charge in [-0.2, -0.15) is 5.26 Å². The SMILES string of the molecule is CCC(COC)Nc1c(C#N)cccc1OC. The summed E-state index contributed by atoms with van der Waals surface area (Å²) in [6.07, 6.45) is 0.913. The van der Waals surface area contributed by atoms with E-state index in [1.165, 1.54) is 0 Å². The Kier molecular flexibility index (Phi) is 5.31. The van der Waals surface area contributed by atoms with Crippen molar-refractivity contribution in [2.75, 3.05) is 26.1 Å². The summed E-state index contributed by atoms with van der Waals surface area (Å²) < 4.78 is 10.4. The van der Waals surface area contributed by atoms with E-state index in [9.17, 15) is 0 Å². The van der Waals surface area contributed by atoms with Gasteiger partial charge in [-0.05, 0) is 18.6 Å². The molecule has 0 aliphatic carbocycles. The van der Waals surface area contributed by atoms with Gasteiger partial charge in [0.05, 0.1) is 25.0 Å². The summed E-state index contributed by atoms with van der Waals surface area (Å²) in [5.74, 6) is 0.679. The minimum Gasteiger partial charge on any atom is -0.495 e. The van der Waals surface area contributed by atoms with E-state index in [1.807, 2.05) is 6.07 Å². The van der Waals surface area contributed by atoms with Crippen LogP contribution in [0.25, 0.3) is 0 Å². The monoisotopic (exact) mass is 234 g/mol. The first-order valence-corrected chi connectivity index (χ1v) is 5.59. The second kappa shape index (κ2) is 6.77. The van der Waals surface area contributed by atoms with Crippen LogP contribution < -0.4 is 10.1 Å². The minimum absolute atomic E-state index is 0.170. The molecule has 4 nitrogen and oxygen atoms in total. The molecule has 0 aliphatic rings. The van der Waals surface area contributed by atoms with Crippen LogP contribution in [0.2, 0.25) is 0 Å². The summed E-state index contributed by atoms with van der Waals surface area (Å²) in [4.78, 5) is 0. The molecule has 17 heavy (non-hydrogen) atoms. The molecule has 0 heterocycles. The van der Waals surface area contributed by atoms with E-state index in [-0.39, 0.29) is 6.04 Å². The summed E-state index contributed by atoms with van der Waals surface area (Å²) >= 11 is 0. The normalized spacial score (nSPS) is 11.6. The number of nitrogens with one attached hydrogen (secondary N) is 1. The van der Waals surface area contributed by atoms with E-state index < -0.39 is 0 Å². The zero-order chi connectivity index (χ0) is 12.7. The van der Waals surface area contributed by atoms with Gasteiger partial charge in [0, 0.05) is 13.2 Å². The molecule has 1 rings (SSSR count). The standard InChI is InChI=1S/C13H18N2O2/c1-4-11(9-16-2)15-13-10(8-14)6-5-7-12(13)17-3/h5-7,11,15H,4,9H2,1-3H3. The number of methoxy groups -OCH3 is 2. The van der Waals surface area contributed by atoms with Crippen LogP contribution in [0.4, 0.5) is 5.69 Å². The highest BCUT2D eigenvalue weighted by atomic mass is 16.5. The predicted octanol–water partition coefficient (Wildman–Crippen LogP) is 2.40. The molecular weight excluding hydrogens is 216 g/mol. The lowest BCUT2D eigenvalue weighted by Gasteiger charge is -2.20. The Morgan fingerprint density at radius 3 is 2.71 bits per heavy atom. The number of ether oxygens (including phenoxy) is 2. The topological polar surface area (TPSA) is 54.3 Å². The Labute approximate surface area is 102 Å². The maximum Gasteiger partial charge on any atom is 0.143 e. The number of benzene rings is 1. The third-order valence-corrected chi connectivity index (χ3v) is 2.58. The molecule has 0 bridgehead atoms. The molecule has 0 saturated carbocycles. The lowest BCUT2D eigenvalue weighted by atomic mass is 10.1. The molecular formula is C13H18N2O2.